The van der Waals surface area contributed by atoms with Gasteiger partial charge in [-0.05, 0) is 30.5 Å². The number of hydrogen-bond donors (Lipinski definition) is 3. The van der Waals surface area contributed by atoms with E-state index in [0.717, 1.165) is 37.6 Å². The monoisotopic (exact) mass is 473 g/mol. The van der Waals surface area contributed by atoms with Gasteiger partial charge in [-0.1, -0.05) is 6.07 Å². The van der Waals surface area contributed by atoms with Gasteiger partial charge in [-0.15, -0.1) is 0 Å². The van der Waals surface area contributed by atoms with E-state index in [1.165, 1.54) is 11.0 Å². The number of carbonyl (C=O) groups is 3. The van der Waals surface area contributed by atoms with Crippen LogP contribution in [0.3, 0.4) is 0 Å². The number of nitrogens with zero attached hydrogens (tertiary/aromatic N) is 3. The van der Waals surface area contributed by atoms with Crippen LogP contribution >= 0.6 is 0 Å². The minimum absolute atomic E-state index is 0.426. The Balaban J connectivity index is 0.000000414. The van der Waals surface area contributed by atoms with Crippen molar-refractivity contribution in [3.8, 4) is 0 Å². The standard InChI is InChI=1S/C17H22F3N3O2.C4H4O4/c18-17(19,20)14-4-3-13(15(11-14)22-5-1-2-6-22)12-21-7-9-23(10-8-21)16(24)25;5-3(6)1-2-4(7)8/h3-4,11H,1-2,5-10,12H2,(H,24,25);1-2H,(H,5,6)(H,7,8)/b;2-1+. The predicted octanol–water partition coefficient (Wildman–Crippen LogP) is 2.81. The average molecular weight is 473 g/mol. The van der Waals surface area contributed by atoms with Crippen LogP contribution in [0, 0.1) is 0 Å². The van der Waals surface area contributed by atoms with Crippen LogP contribution in [-0.4, -0.2) is 82.4 Å². The first-order chi connectivity index (χ1) is 15.5. The molecule has 0 saturated carbocycles. The van der Waals surface area contributed by atoms with Gasteiger partial charge in [-0.25, -0.2) is 14.4 Å². The van der Waals surface area contributed by atoms with Crippen molar-refractivity contribution in [3.05, 3.63) is 41.5 Å². The number of aliphatic carboxylic acids is 2. The summed E-state index contributed by atoms with van der Waals surface area (Å²) in [7, 11) is 0. The molecule has 0 atom stereocenters. The summed E-state index contributed by atoms with van der Waals surface area (Å²) in [5, 5.41) is 24.6. The molecule has 2 aliphatic heterocycles. The molecule has 1 amide bonds. The molecule has 0 spiro atoms. The Kier molecular flexibility index (Phi) is 9.09. The van der Waals surface area contributed by atoms with E-state index < -0.39 is 29.8 Å². The van der Waals surface area contributed by atoms with Gasteiger partial charge in [-0.2, -0.15) is 13.2 Å². The first-order valence-electron chi connectivity index (χ1n) is 10.3. The van der Waals surface area contributed by atoms with E-state index in [-0.39, 0.29) is 0 Å². The molecule has 2 aliphatic rings. The lowest BCUT2D eigenvalue weighted by Gasteiger charge is -2.34. The smallest absolute Gasteiger partial charge is 0.416 e. The van der Waals surface area contributed by atoms with Crippen LogP contribution in [0.15, 0.2) is 30.4 Å². The maximum Gasteiger partial charge on any atom is 0.416 e. The molecule has 182 valence electrons. The molecule has 2 fully saturated rings. The number of carboxylic acids is 2. The highest BCUT2D eigenvalue weighted by Crippen LogP contribution is 2.35. The molecule has 33 heavy (non-hydrogen) atoms. The first kappa shape index (κ1) is 26.0. The Bertz CT molecular complexity index is 860. The van der Waals surface area contributed by atoms with Gasteiger partial charge >= 0.3 is 24.2 Å². The third-order valence-corrected chi connectivity index (χ3v) is 5.26. The molecule has 12 heteroatoms. The van der Waals surface area contributed by atoms with Crippen LogP contribution in [0.5, 0.6) is 0 Å². The highest BCUT2D eigenvalue weighted by molar-refractivity contribution is 5.89. The highest BCUT2D eigenvalue weighted by atomic mass is 19.4. The number of rotatable bonds is 5. The van der Waals surface area contributed by atoms with Crippen LogP contribution in [0.2, 0.25) is 0 Å². The van der Waals surface area contributed by atoms with E-state index in [9.17, 15) is 27.6 Å². The third kappa shape index (κ3) is 8.29. The van der Waals surface area contributed by atoms with Gasteiger partial charge in [0.05, 0.1) is 5.56 Å². The fourth-order valence-electron chi connectivity index (χ4n) is 3.61. The van der Waals surface area contributed by atoms with E-state index in [1.54, 1.807) is 6.07 Å². The molecular formula is C21H26F3N3O6. The largest absolute Gasteiger partial charge is 0.478 e. The summed E-state index contributed by atoms with van der Waals surface area (Å²) in [5.74, 6) is -2.51. The Labute approximate surface area is 188 Å². The van der Waals surface area contributed by atoms with Gasteiger partial charge in [0.25, 0.3) is 0 Å². The zero-order valence-corrected chi connectivity index (χ0v) is 17.8. The molecular weight excluding hydrogens is 447 g/mol. The lowest BCUT2D eigenvalue weighted by atomic mass is 10.1. The fourth-order valence-corrected chi connectivity index (χ4v) is 3.61. The van der Waals surface area contributed by atoms with Crippen molar-refractivity contribution >= 4 is 23.7 Å². The van der Waals surface area contributed by atoms with Crippen LogP contribution in [-0.2, 0) is 22.3 Å². The molecule has 2 heterocycles. The quantitative estimate of drug-likeness (QED) is 0.559. The molecule has 0 unspecified atom stereocenters. The van der Waals surface area contributed by atoms with Gasteiger partial charge in [-0.3, -0.25) is 4.90 Å². The molecule has 0 bridgehead atoms. The highest BCUT2D eigenvalue weighted by Gasteiger charge is 2.32. The molecule has 3 rings (SSSR count). The second-order valence-electron chi connectivity index (χ2n) is 7.59. The van der Waals surface area contributed by atoms with Crippen molar-refractivity contribution < 1.29 is 42.9 Å². The maximum atomic E-state index is 13.1. The second-order valence-corrected chi connectivity index (χ2v) is 7.59. The summed E-state index contributed by atoms with van der Waals surface area (Å²) in [4.78, 5) is 35.6. The minimum atomic E-state index is -4.35. The van der Waals surface area contributed by atoms with Crippen LogP contribution in [0.25, 0.3) is 0 Å². The van der Waals surface area contributed by atoms with Gasteiger partial charge in [0, 0.05) is 63.7 Å². The third-order valence-electron chi connectivity index (χ3n) is 5.26. The number of hydrogen-bond acceptors (Lipinski definition) is 5. The summed E-state index contributed by atoms with van der Waals surface area (Å²) >= 11 is 0. The van der Waals surface area contributed by atoms with Gasteiger partial charge in [0.1, 0.15) is 0 Å². The number of carboxylic acid groups (broad SMARTS) is 3. The molecule has 1 aromatic rings. The van der Waals surface area contributed by atoms with Crippen molar-refractivity contribution in [2.24, 2.45) is 0 Å². The molecule has 1 aromatic carbocycles. The SMILES string of the molecule is O=C(O)/C=C/C(=O)O.O=C(O)N1CCN(Cc2ccc(C(F)(F)F)cc2N2CCCC2)CC1. The van der Waals surface area contributed by atoms with E-state index in [4.69, 9.17) is 15.3 Å². The molecule has 0 aliphatic carbocycles. The molecule has 0 radical (unpaired) electrons. The molecule has 0 aromatic heterocycles. The summed E-state index contributed by atoms with van der Waals surface area (Å²) in [6.07, 6.45) is -2.17. The van der Waals surface area contributed by atoms with Gasteiger partial charge in [0.15, 0.2) is 0 Å². The van der Waals surface area contributed by atoms with Crippen LogP contribution in [0.4, 0.5) is 23.7 Å². The molecule has 3 N–H and O–H groups in total. The second kappa shape index (κ2) is 11.5. The number of anilines is 1. The summed E-state index contributed by atoms with van der Waals surface area (Å²) in [6.45, 7) is 4.13. The Hall–Kier alpha value is -3.28. The van der Waals surface area contributed by atoms with Crippen LogP contribution in [0.1, 0.15) is 24.0 Å². The maximum absolute atomic E-state index is 13.1. The zero-order chi connectivity index (χ0) is 24.6. The van der Waals surface area contributed by atoms with Crippen molar-refractivity contribution in [1.29, 1.82) is 0 Å². The lowest BCUT2D eigenvalue weighted by Crippen LogP contribution is -2.47. The van der Waals surface area contributed by atoms with Crippen molar-refractivity contribution in [3.63, 3.8) is 0 Å². The zero-order valence-electron chi connectivity index (χ0n) is 17.8. The summed E-state index contributed by atoms with van der Waals surface area (Å²) < 4.78 is 39.2. The summed E-state index contributed by atoms with van der Waals surface area (Å²) in [6, 6.07) is 3.97. The van der Waals surface area contributed by atoms with Crippen molar-refractivity contribution in [1.82, 2.24) is 9.80 Å². The van der Waals surface area contributed by atoms with Crippen molar-refractivity contribution in [2.75, 3.05) is 44.2 Å². The molecule has 9 nitrogen and oxygen atoms in total. The number of halogens is 3. The first-order valence-corrected chi connectivity index (χ1v) is 10.3. The Morgan fingerprint density at radius 2 is 1.42 bits per heavy atom. The predicted molar refractivity (Wildman–Crippen MR) is 112 cm³/mol. The number of alkyl halides is 3. The Morgan fingerprint density at radius 3 is 1.88 bits per heavy atom. The van der Waals surface area contributed by atoms with E-state index in [2.05, 4.69) is 4.90 Å². The van der Waals surface area contributed by atoms with Crippen molar-refractivity contribution in [2.45, 2.75) is 25.6 Å². The summed E-state index contributed by atoms with van der Waals surface area (Å²) in [5.41, 5.74) is 0.917. The van der Waals surface area contributed by atoms with Crippen LogP contribution < -0.4 is 4.90 Å². The topological polar surface area (TPSA) is 122 Å². The fraction of sp³-hybridized carbons (Fsp3) is 0.476. The normalized spacial score (nSPS) is 17.1. The number of benzene rings is 1. The lowest BCUT2D eigenvalue weighted by molar-refractivity contribution is -0.137. The van der Waals surface area contributed by atoms with Gasteiger partial charge in [0.2, 0.25) is 0 Å². The van der Waals surface area contributed by atoms with Gasteiger partial charge < -0.3 is 25.1 Å². The minimum Gasteiger partial charge on any atom is -0.478 e. The van der Waals surface area contributed by atoms with E-state index >= 15 is 0 Å². The number of piperazine rings is 1. The van der Waals surface area contributed by atoms with E-state index in [1.807, 2.05) is 4.90 Å². The Morgan fingerprint density at radius 1 is 0.879 bits per heavy atom. The number of amides is 1. The average Bonchev–Trinajstić information content (AvgIpc) is 3.27. The van der Waals surface area contributed by atoms with E-state index in [0.29, 0.717) is 50.6 Å². The molecule has 2 saturated heterocycles.